The lowest BCUT2D eigenvalue weighted by atomic mass is 10.1. The number of nitrogens with zero attached hydrogens (tertiary/aromatic N) is 3. The highest BCUT2D eigenvalue weighted by Crippen LogP contribution is 2.42. The van der Waals surface area contributed by atoms with Crippen LogP contribution >= 0.6 is 0 Å². The second-order valence-electron chi connectivity index (χ2n) is 8.04. The third-order valence-electron chi connectivity index (χ3n) is 5.75. The molecular weight excluding hydrogens is 449 g/mol. The number of urea groups is 1. The van der Waals surface area contributed by atoms with E-state index in [-0.39, 0.29) is 23.5 Å². The molecule has 4 rings (SSSR count). The zero-order valence-electron chi connectivity index (χ0n) is 18.9. The fourth-order valence-corrected chi connectivity index (χ4v) is 4.01. The van der Waals surface area contributed by atoms with E-state index in [9.17, 15) is 18.0 Å². The molecule has 10 heteroatoms. The van der Waals surface area contributed by atoms with E-state index in [0.717, 1.165) is 12.1 Å². The van der Waals surface area contributed by atoms with Gasteiger partial charge in [0.25, 0.3) is 0 Å². The van der Waals surface area contributed by atoms with Crippen molar-refractivity contribution in [3.05, 3.63) is 60.2 Å². The van der Waals surface area contributed by atoms with Crippen molar-refractivity contribution in [1.82, 2.24) is 15.1 Å². The van der Waals surface area contributed by atoms with E-state index in [2.05, 4.69) is 16.9 Å². The minimum Gasteiger partial charge on any atom is -0.497 e. The number of rotatable bonds is 3. The van der Waals surface area contributed by atoms with Gasteiger partial charge in [0.15, 0.2) is 5.75 Å². The Kier molecular flexibility index (Phi) is 6.41. The zero-order valence-corrected chi connectivity index (χ0v) is 18.9. The van der Waals surface area contributed by atoms with E-state index in [4.69, 9.17) is 9.47 Å². The van der Waals surface area contributed by atoms with Crippen molar-refractivity contribution in [3.8, 4) is 17.2 Å². The summed E-state index contributed by atoms with van der Waals surface area (Å²) in [6.07, 6.45) is -2.90. The number of nitrogens with one attached hydrogen (secondary N) is 1. The molecule has 1 fully saturated rings. The topological polar surface area (TPSA) is 66.4 Å². The third kappa shape index (κ3) is 4.66. The Labute approximate surface area is 195 Å². The highest BCUT2D eigenvalue weighted by atomic mass is 19.4. The fourth-order valence-electron chi connectivity index (χ4n) is 4.01. The molecule has 180 valence electrons. The molecule has 2 aliphatic heterocycles. The van der Waals surface area contributed by atoms with Crippen LogP contribution in [0, 0.1) is 0 Å². The predicted octanol–water partition coefficient (Wildman–Crippen LogP) is 4.80. The van der Waals surface area contributed by atoms with Gasteiger partial charge in [-0.05, 0) is 37.3 Å². The Bertz CT molecular complexity index is 1130. The SMILES string of the molecule is C=CCNC(=O)N1CCN(C2=Nc3cc(C(F)(F)F)ccc3Oc3cc(OC)ccc32)C[C@H]1C. The van der Waals surface area contributed by atoms with Crippen LogP contribution < -0.4 is 14.8 Å². The van der Waals surface area contributed by atoms with Crippen LogP contribution in [0.4, 0.5) is 23.7 Å². The largest absolute Gasteiger partial charge is 0.497 e. The summed E-state index contributed by atoms with van der Waals surface area (Å²) in [5.74, 6) is 1.67. The number of amides is 2. The number of alkyl halides is 3. The molecule has 2 heterocycles. The van der Waals surface area contributed by atoms with Crippen molar-refractivity contribution in [3.63, 3.8) is 0 Å². The molecule has 34 heavy (non-hydrogen) atoms. The number of fused-ring (bicyclic) bond motifs is 2. The molecule has 0 spiro atoms. The molecular formula is C24H25F3N4O3. The first-order valence-electron chi connectivity index (χ1n) is 10.8. The van der Waals surface area contributed by atoms with Gasteiger partial charge in [0.05, 0.1) is 18.2 Å². The maximum Gasteiger partial charge on any atom is 0.416 e. The summed E-state index contributed by atoms with van der Waals surface area (Å²) in [6, 6.07) is 8.09. The van der Waals surface area contributed by atoms with Crippen molar-refractivity contribution in [2.75, 3.05) is 33.3 Å². The molecule has 1 atom stereocenters. The van der Waals surface area contributed by atoms with Gasteiger partial charge in [0, 0.05) is 38.3 Å². The van der Waals surface area contributed by atoms with Gasteiger partial charge in [0.1, 0.15) is 23.0 Å². The summed E-state index contributed by atoms with van der Waals surface area (Å²) in [4.78, 5) is 20.8. The van der Waals surface area contributed by atoms with Crippen LogP contribution in [-0.2, 0) is 6.18 Å². The van der Waals surface area contributed by atoms with E-state index in [1.165, 1.54) is 13.2 Å². The second kappa shape index (κ2) is 9.28. The average Bonchev–Trinajstić information content (AvgIpc) is 2.97. The molecule has 0 radical (unpaired) electrons. The lowest BCUT2D eigenvalue weighted by Crippen LogP contribution is -2.57. The zero-order chi connectivity index (χ0) is 24.5. The second-order valence-corrected chi connectivity index (χ2v) is 8.04. The summed E-state index contributed by atoms with van der Waals surface area (Å²) in [7, 11) is 1.52. The Balaban J connectivity index is 1.72. The quantitative estimate of drug-likeness (QED) is 0.649. The van der Waals surface area contributed by atoms with Crippen LogP contribution in [0.15, 0.2) is 54.0 Å². The minimum atomic E-state index is -4.51. The molecule has 0 bridgehead atoms. The summed E-state index contributed by atoms with van der Waals surface area (Å²) in [6.45, 7) is 7.20. The number of methoxy groups -OCH3 is 1. The minimum absolute atomic E-state index is 0.0822. The third-order valence-corrected chi connectivity index (χ3v) is 5.75. The van der Waals surface area contributed by atoms with Gasteiger partial charge >= 0.3 is 12.2 Å². The number of ether oxygens (including phenoxy) is 2. The molecule has 7 nitrogen and oxygen atoms in total. The van der Waals surface area contributed by atoms with Gasteiger partial charge in [-0.3, -0.25) is 0 Å². The van der Waals surface area contributed by atoms with Gasteiger partial charge in [-0.2, -0.15) is 13.2 Å². The number of amidine groups is 1. The number of carbonyl (C=O) groups excluding carboxylic acids is 1. The van der Waals surface area contributed by atoms with Crippen molar-refractivity contribution in [2.45, 2.75) is 19.1 Å². The Morgan fingerprint density at radius 2 is 2.06 bits per heavy atom. The molecule has 0 unspecified atom stereocenters. The number of carbonyl (C=O) groups is 1. The summed E-state index contributed by atoms with van der Waals surface area (Å²) >= 11 is 0. The van der Waals surface area contributed by atoms with Crippen LogP contribution in [0.1, 0.15) is 18.1 Å². The van der Waals surface area contributed by atoms with E-state index in [1.807, 2.05) is 11.8 Å². The van der Waals surface area contributed by atoms with Crippen LogP contribution in [-0.4, -0.2) is 61.0 Å². The van der Waals surface area contributed by atoms with Gasteiger partial charge in [-0.25, -0.2) is 9.79 Å². The molecule has 1 N–H and O–H groups in total. The highest BCUT2D eigenvalue weighted by Gasteiger charge is 2.34. The van der Waals surface area contributed by atoms with Crippen LogP contribution in [0.2, 0.25) is 0 Å². The van der Waals surface area contributed by atoms with E-state index in [0.29, 0.717) is 49.1 Å². The van der Waals surface area contributed by atoms with Crippen LogP contribution in [0.5, 0.6) is 17.2 Å². The van der Waals surface area contributed by atoms with Crippen molar-refractivity contribution in [1.29, 1.82) is 0 Å². The summed E-state index contributed by atoms with van der Waals surface area (Å²) in [5.41, 5.74) is -0.0975. The first-order valence-corrected chi connectivity index (χ1v) is 10.8. The molecule has 2 aromatic carbocycles. The maximum atomic E-state index is 13.4. The fraction of sp³-hybridized carbons (Fsp3) is 0.333. The Morgan fingerprint density at radius 1 is 1.26 bits per heavy atom. The van der Waals surface area contributed by atoms with Gasteiger partial charge in [-0.15, -0.1) is 6.58 Å². The number of hydrogen-bond acceptors (Lipinski definition) is 5. The standard InChI is InChI=1S/C24H25F3N4O3/c1-4-9-28-23(32)31-11-10-30(14-15(31)2)22-18-7-6-17(33-3)13-21(18)34-20-8-5-16(24(25,26)27)12-19(20)29-22/h4-8,12-13,15H,1,9-11,14H2,2-3H3,(H,28,32)/t15-/m1/s1. The first kappa shape index (κ1) is 23.5. The van der Waals surface area contributed by atoms with E-state index < -0.39 is 11.7 Å². The molecule has 2 aliphatic rings. The Morgan fingerprint density at radius 3 is 2.74 bits per heavy atom. The Hall–Kier alpha value is -3.69. The first-order chi connectivity index (χ1) is 16.2. The number of piperazine rings is 1. The smallest absolute Gasteiger partial charge is 0.416 e. The number of aliphatic imine (C=N–C) groups is 1. The number of benzene rings is 2. The van der Waals surface area contributed by atoms with Crippen molar-refractivity contribution in [2.24, 2.45) is 4.99 Å². The van der Waals surface area contributed by atoms with Crippen molar-refractivity contribution < 1.29 is 27.4 Å². The van der Waals surface area contributed by atoms with Crippen LogP contribution in [0.25, 0.3) is 0 Å². The van der Waals surface area contributed by atoms with Gasteiger partial charge < -0.3 is 24.6 Å². The molecule has 1 saturated heterocycles. The lowest BCUT2D eigenvalue weighted by molar-refractivity contribution is -0.137. The van der Waals surface area contributed by atoms with E-state index >= 15 is 0 Å². The molecule has 0 aliphatic carbocycles. The number of halogens is 3. The van der Waals surface area contributed by atoms with Gasteiger partial charge in [0.2, 0.25) is 0 Å². The van der Waals surface area contributed by atoms with E-state index in [1.54, 1.807) is 29.2 Å². The highest BCUT2D eigenvalue weighted by molar-refractivity contribution is 6.04. The lowest BCUT2D eigenvalue weighted by Gasteiger charge is -2.41. The molecule has 0 aromatic heterocycles. The van der Waals surface area contributed by atoms with Crippen molar-refractivity contribution >= 4 is 17.6 Å². The molecule has 2 amide bonds. The number of hydrogen-bond donors (Lipinski definition) is 1. The monoisotopic (exact) mass is 474 g/mol. The molecule has 0 saturated carbocycles. The van der Waals surface area contributed by atoms with Crippen LogP contribution in [0.3, 0.4) is 0 Å². The normalized spacial score (nSPS) is 17.6. The summed E-state index contributed by atoms with van der Waals surface area (Å²) in [5, 5.41) is 2.78. The predicted molar refractivity (Wildman–Crippen MR) is 122 cm³/mol. The average molecular weight is 474 g/mol. The summed E-state index contributed by atoms with van der Waals surface area (Å²) < 4.78 is 51.4. The van der Waals surface area contributed by atoms with Gasteiger partial charge in [-0.1, -0.05) is 6.08 Å². The maximum absolute atomic E-state index is 13.4. The molecule has 2 aromatic rings.